The first-order valence-corrected chi connectivity index (χ1v) is 9.63. The zero-order chi connectivity index (χ0) is 22.3. The van der Waals surface area contributed by atoms with Crippen molar-refractivity contribution < 1.29 is 38.4 Å². The van der Waals surface area contributed by atoms with Crippen molar-refractivity contribution in [2.45, 2.75) is 12.2 Å². The molecule has 9 nitrogen and oxygen atoms in total. The van der Waals surface area contributed by atoms with E-state index >= 15 is 0 Å². The number of ketones is 1. The highest BCUT2D eigenvalue weighted by Crippen LogP contribution is 2.46. The second-order valence-corrected chi connectivity index (χ2v) is 7.50. The molecule has 0 saturated carbocycles. The predicted octanol–water partition coefficient (Wildman–Crippen LogP) is 1.73. The molecule has 2 aromatic rings. The van der Waals surface area contributed by atoms with Gasteiger partial charge < -0.3 is 33.7 Å². The lowest BCUT2D eigenvalue weighted by Gasteiger charge is -2.23. The third kappa shape index (κ3) is 3.35. The number of ether oxygens (including phenoxy) is 5. The van der Waals surface area contributed by atoms with Crippen molar-refractivity contribution >= 4 is 11.8 Å². The summed E-state index contributed by atoms with van der Waals surface area (Å²) in [6.45, 7) is 0.693. The van der Waals surface area contributed by atoms with Crippen LogP contribution in [0, 0.1) is 0 Å². The molecular formula is C22H23NO8. The fourth-order valence-corrected chi connectivity index (χ4v) is 3.75. The van der Waals surface area contributed by atoms with E-state index in [0.717, 1.165) is 0 Å². The Hall–Kier alpha value is -3.30. The molecule has 0 aromatic heterocycles. The number of cyclic esters (lactones) is 1. The van der Waals surface area contributed by atoms with Crippen molar-refractivity contribution in [1.29, 1.82) is 0 Å². The maximum Gasteiger partial charge on any atom is 0.345 e. The number of rotatable bonds is 7. The van der Waals surface area contributed by atoms with Gasteiger partial charge >= 0.3 is 11.8 Å². The van der Waals surface area contributed by atoms with Gasteiger partial charge in [0.2, 0.25) is 12.6 Å². The average molecular weight is 429 g/mol. The van der Waals surface area contributed by atoms with Gasteiger partial charge in [-0.3, -0.25) is 4.79 Å². The zero-order valence-corrected chi connectivity index (χ0v) is 17.7. The molecule has 0 unspecified atom stereocenters. The third-order valence-electron chi connectivity index (χ3n) is 5.33. The van der Waals surface area contributed by atoms with E-state index in [9.17, 15) is 14.7 Å². The second kappa shape index (κ2) is 7.75. The van der Waals surface area contributed by atoms with Gasteiger partial charge in [-0.25, -0.2) is 4.79 Å². The second-order valence-electron chi connectivity index (χ2n) is 7.50. The number of nitrogens with zero attached hydrogens (tertiary/aromatic N) is 1. The quantitative estimate of drug-likeness (QED) is 0.521. The number of likely N-dealkylation sites (N-methyl/N-ethyl adjacent to an activating group) is 1. The molecule has 0 spiro atoms. The van der Waals surface area contributed by atoms with Gasteiger partial charge in [-0.1, -0.05) is 0 Å². The molecule has 1 atom stereocenters. The molecule has 164 valence electrons. The van der Waals surface area contributed by atoms with Gasteiger partial charge in [-0.05, 0) is 50.3 Å². The lowest BCUT2D eigenvalue weighted by atomic mass is 9.90. The van der Waals surface area contributed by atoms with Crippen molar-refractivity contribution in [2.75, 3.05) is 41.7 Å². The summed E-state index contributed by atoms with van der Waals surface area (Å²) < 4.78 is 26.6. The van der Waals surface area contributed by atoms with Crippen molar-refractivity contribution in [3.8, 4) is 23.0 Å². The molecule has 1 N–H and O–H groups in total. The minimum Gasteiger partial charge on any atom is -0.493 e. The van der Waals surface area contributed by atoms with E-state index < -0.39 is 17.5 Å². The Bertz CT molecular complexity index is 1060. The molecule has 2 aliphatic rings. The molecule has 9 heteroatoms. The van der Waals surface area contributed by atoms with Crippen LogP contribution in [0.2, 0.25) is 0 Å². The van der Waals surface area contributed by atoms with Crippen LogP contribution in [0.4, 0.5) is 0 Å². The van der Waals surface area contributed by atoms with Crippen molar-refractivity contribution in [2.24, 2.45) is 0 Å². The molecule has 2 aliphatic heterocycles. The monoisotopic (exact) mass is 429 g/mol. The molecule has 0 aliphatic carbocycles. The molecule has 0 amide bonds. The van der Waals surface area contributed by atoms with E-state index in [1.54, 1.807) is 6.07 Å². The zero-order valence-electron chi connectivity index (χ0n) is 17.7. The number of fused-ring (bicyclic) bond motifs is 2. The first-order valence-electron chi connectivity index (χ1n) is 9.63. The van der Waals surface area contributed by atoms with Crippen LogP contribution in [0.15, 0.2) is 24.3 Å². The Kier molecular flexibility index (Phi) is 5.24. The summed E-state index contributed by atoms with van der Waals surface area (Å²) in [6.07, 6.45) is 0.507. The van der Waals surface area contributed by atoms with Gasteiger partial charge in [-0.2, -0.15) is 0 Å². The van der Waals surface area contributed by atoms with Gasteiger partial charge in [-0.15, -0.1) is 0 Å². The van der Waals surface area contributed by atoms with Gasteiger partial charge in [0.25, 0.3) is 0 Å². The number of benzene rings is 2. The van der Waals surface area contributed by atoms with Crippen LogP contribution in [0.3, 0.4) is 0 Å². The van der Waals surface area contributed by atoms with Crippen LogP contribution in [-0.4, -0.2) is 63.4 Å². The first kappa shape index (κ1) is 21.0. The maximum absolute atomic E-state index is 13.6. The highest BCUT2D eigenvalue weighted by Gasteiger charge is 2.53. The fraction of sp³-hybridized carbons (Fsp3) is 0.364. The maximum atomic E-state index is 13.6. The van der Waals surface area contributed by atoms with Crippen LogP contribution in [-0.2, 0) is 16.9 Å². The number of esters is 1. The Morgan fingerprint density at radius 1 is 1.16 bits per heavy atom. The van der Waals surface area contributed by atoms with Crippen LogP contribution in [0.25, 0.3) is 0 Å². The van der Waals surface area contributed by atoms with Gasteiger partial charge in [0.1, 0.15) is 5.56 Å². The molecule has 2 aromatic carbocycles. The molecule has 4 rings (SSSR count). The van der Waals surface area contributed by atoms with E-state index in [0.29, 0.717) is 30.0 Å². The Morgan fingerprint density at radius 3 is 2.52 bits per heavy atom. The molecule has 0 saturated heterocycles. The SMILES string of the molecule is COc1ccc2c(c1OC)C(=O)O[C@@]2(O)C(=O)c1cc2c(cc1CCN(C)C)OCO2. The van der Waals surface area contributed by atoms with E-state index in [1.165, 1.54) is 32.4 Å². The Balaban J connectivity index is 1.82. The number of carbonyl (C=O) groups is 2. The van der Waals surface area contributed by atoms with Gasteiger partial charge in [0.05, 0.1) is 19.8 Å². The van der Waals surface area contributed by atoms with Crippen LogP contribution in [0.1, 0.15) is 31.8 Å². The molecule has 0 bridgehead atoms. The average Bonchev–Trinajstić information content (AvgIpc) is 3.32. The van der Waals surface area contributed by atoms with Crippen molar-refractivity contribution in [1.82, 2.24) is 4.90 Å². The largest absolute Gasteiger partial charge is 0.493 e. The minimum atomic E-state index is -2.51. The Morgan fingerprint density at radius 2 is 1.87 bits per heavy atom. The normalized spacial score (nSPS) is 18.7. The van der Waals surface area contributed by atoms with Crippen LogP contribution < -0.4 is 18.9 Å². The number of methoxy groups -OCH3 is 2. The predicted molar refractivity (Wildman–Crippen MR) is 108 cm³/mol. The summed E-state index contributed by atoms with van der Waals surface area (Å²) in [4.78, 5) is 28.2. The number of hydrogen-bond donors (Lipinski definition) is 1. The van der Waals surface area contributed by atoms with Crippen molar-refractivity contribution in [3.05, 3.63) is 46.5 Å². The molecule has 2 heterocycles. The summed E-state index contributed by atoms with van der Waals surface area (Å²) in [5.74, 6) is -2.88. The minimum absolute atomic E-state index is 0.00336. The topological polar surface area (TPSA) is 104 Å². The molecule has 0 fully saturated rings. The van der Waals surface area contributed by atoms with E-state index in [-0.39, 0.29) is 35.0 Å². The standard InChI is InChI=1S/C22H23NO8/c1-23(2)8-7-12-9-16-17(30-11-29-16)10-13(12)20(24)22(26)14-5-6-15(27-3)19(28-4)18(14)21(25)31-22/h5-6,9-10,26H,7-8,11H2,1-4H3/t22-/m1/s1. The summed E-state index contributed by atoms with van der Waals surface area (Å²) in [5, 5.41) is 11.3. The number of carbonyl (C=O) groups excluding carboxylic acids is 2. The molecule has 31 heavy (non-hydrogen) atoms. The summed E-state index contributed by atoms with van der Waals surface area (Å²) >= 11 is 0. The van der Waals surface area contributed by atoms with Crippen LogP contribution >= 0.6 is 0 Å². The lowest BCUT2D eigenvalue weighted by molar-refractivity contribution is -0.126. The van der Waals surface area contributed by atoms with Crippen molar-refractivity contribution in [3.63, 3.8) is 0 Å². The highest BCUT2D eigenvalue weighted by molar-refractivity contribution is 6.10. The number of aliphatic hydroxyl groups is 1. The molecule has 0 radical (unpaired) electrons. The van der Waals surface area contributed by atoms with E-state index in [1.807, 2.05) is 19.0 Å². The highest BCUT2D eigenvalue weighted by atomic mass is 16.7. The Labute approximate surface area is 179 Å². The van der Waals surface area contributed by atoms with Gasteiger partial charge in [0, 0.05) is 12.1 Å². The number of Topliss-reactive ketones (excluding diaryl/α,β-unsaturated/α-hetero) is 1. The summed E-state index contributed by atoms with van der Waals surface area (Å²) in [7, 11) is 6.61. The van der Waals surface area contributed by atoms with Gasteiger partial charge in [0.15, 0.2) is 23.0 Å². The first-order chi connectivity index (χ1) is 14.8. The fourth-order valence-electron chi connectivity index (χ4n) is 3.75. The van der Waals surface area contributed by atoms with Crippen LogP contribution in [0.5, 0.6) is 23.0 Å². The third-order valence-corrected chi connectivity index (χ3v) is 5.33. The van der Waals surface area contributed by atoms with E-state index in [2.05, 4.69) is 0 Å². The number of hydrogen-bond acceptors (Lipinski definition) is 9. The molecular weight excluding hydrogens is 406 g/mol. The lowest BCUT2D eigenvalue weighted by Crippen LogP contribution is -2.36. The summed E-state index contributed by atoms with van der Waals surface area (Å²) in [6, 6.07) is 6.16. The van der Waals surface area contributed by atoms with E-state index in [4.69, 9.17) is 23.7 Å². The summed E-state index contributed by atoms with van der Waals surface area (Å²) in [5.41, 5.74) is 0.773. The smallest absolute Gasteiger partial charge is 0.345 e.